The van der Waals surface area contributed by atoms with Gasteiger partial charge in [0.2, 0.25) is 0 Å². The summed E-state index contributed by atoms with van der Waals surface area (Å²) in [5, 5.41) is 39.9. The Kier molecular flexibility index (Phi) is 29.3. The van der Waals surface area contributed by atoms with Crippen molar-refractivity contribution in [2.24, 2.45) is 0 Å². The summed E-state index contributed by atoms with van der Waals surface area (Å²) in [6, 6.07) is 0. The number of carbonyl (C=O) groups is 2. The van der Waals surface area contributed by atoms with Gasteiger partial charge in [0, 0.05) is 12.8 Å². The minimum Gasteiger partial charge on any atom is -0.462 e. The second-order valence-corrected chi connectivity index (χ2v) is 14.1. The summed E-state index contributed by atoms with van der Waals surface area (Å²) in [6.07, 6.45) is 21.1. The molecular weight excluding hydrogens is 628 g/mol. The monoisotopic (exact) mass is 703 g/mol. The van der Waals surface area contributed by atoms with Crippen LogP contribution in [0.1, 0.15) is 181 Å². The third kappa shape index (κ3) is 23.7. The molecule has 0 saturated carbocycles. The van der Waals surface area contributed by atoms with E-state index in [1.54, 1.807) is 0 Å². The number of hydrogen-bond donors (Lipinski definition) is 4. The van der Waals surface area contributed by atoms with Crippen molar-refractivity contribution < 1.29 is 49.0 Å². The molecule has 10 nitrogen and oxygen atoms in total. The smallest absolute Gasteiger partial charge is 0.306 e. The first-order valence-corrected chi connectivity index (χ1v) is 20.1. The molecule has 0 aromatic heterocycles. The minimum atomic E-state index is -1.59. The van der Waals surface area contributed by atoms with Gasteiger partial charge < -0.3 is 39.4 Å². The van der Waals surface area contributed by atoms with Crippen LogP contribution < -0.4 is 0 Å². The van der Waals surface area contributed by atoms with Crippen molar-refractivity contribution in [3.05, 3.63) is 0 Å². The lowest BCUT2D eigenvalue weighted by Crippen LogP contribution is -2.59. The molecule has 0 bridgehead atoms. The molecule has 10 heteroatoms. The molecule has 1 rings (SSSR count). The van der Waals surface area contributed by atoms with Crippen LogP contribution in [0.2, 0.25) is 0 Å². The Hall–Kier alpha value is -1.30. The number of rotatable bonds is 33. The molecule has 0 radical (unpaired) electrons. The predicted octanol–water partition coefficient (Wildman–Crippen LogP) is 7.44. The van der Waals surface area contributed by atoms with Crippen LogP contribution in [0.4, 0.5) is 0 Å². The predicted molar refractivity (Wildman–Crippen MR) is 192 cm³/mol. The zero-order valence-corrected chi connectivity index (χ0v) is 31.2. The highest BCUT2D eigenvalue weighted by molar-refractivity contribution is 5.70. The fourth-order valence-corrected chi connectivity index (χ4v) is 6.25. The molecular formula is C39H74O10. The van der Waals surface area contributed by atoms with Gasteiger partial charge in [-0.1, -0.05) is 155 Å². The Morgan fingerprint density at radius 3 is 1.39 bits per heavy atom. The maximum atomic E-state index is 12.7. The molecule has 6 atom stereocenters. The molecule has 1 fully saturated rings. The molecule has 0 spiro atoms. The van der Waals surface area contributed by atoms with Crippen molar-refractivity contribution in [1.29, 1.82) is 0 Å². The van der Waals surface area contributed by atoms with Crippen molar-refractivity contribution in [2.75, 3.05) is 19.8 Å². The van der Waals surface area contributed by atoms with Crippen molar-refractivity contribution in [3.8, 4) is 0 Å². The van der Waals surface area contributed by atoms with Crippen LogP contribution >= 0.6 is 0 Å². The lowest BCUT2D eigenvalue weighted by molar-refractivity contribution is -0.305. The standard InChI is InChI=1S/C39H74O10/c1-3-5-7-9-11-13-15-16-18-19-21-23-25-27-34(41)46-30-32(31-47-39-38(45)37(44)36(43)33(29-40)49-39)48-35(42)28-26-24-22-20-17-14-12-10-8-6-4-2/h32-33,36-40,43-45H,3-31H2,1-2H3/t32-,33?,36?,37?,38?,39?/m1/s1. The van der Waals surface area contributed by atoms with Crippen molar-refractivity contribution in [3.63, 3.8) is 0 Å². The third-order valence-corrected chi connectivity index (χ3v) is 9.49. The number of aliphatic hydroxyl groups excluding tert-OH is 4. The molecule has 0 aliphatic carbocycles. The molecule has 1 heterocycles. The van der Waals surface area contributed by atoms with Crippen LogP contribution in [0.5, 0.6) is 0 Å². The fourth-order valence-electron chi connectivity index (χ4n) is 6.25. The Labute approximate surface area is 298 Å². The van der Waals surface area contributed by atoms with E-state index in [1.807, 2.05) is 0 Å². The average Bonchev–Trinajstić information content (AvgIpc) is 3.10. The number of aliphatic hydroxyl groups is 4. The van der Waals surface area contributed by atoms with E-state index in [4.69, 9.17) is 18.9 Å². The topological polar surface area (TPSA) is 152 Å². The van der Waals surface area contributed by atoms with E-state index in [2.05, 4.69) is 13.8 Å². The lowest BCUT2D eigenvalue weighted by Gasteiger charge is -2.39. The van der Waals surface area contributed by atoms with E-state index in [0.29, 0.717) is 6.42 Å². The van der Waals surface area contributed by atoms with Gasteiger partial charge in [-0.2, -0.15) is 0 Å². The SMILES string of the molecule is CCCCCCCCCCCCCCCC(=O)OC[C@H](COC1OC(CO)C(O)C(O)C1O)OC(=O)CCCCCCCCCCCCC. The van der Waals surface area contributed by atoms with E-state index < -0.39 is 49.4 Å². The van der Waals surface area contributed by atoms with Gasteiger partial charge in [0.1, 0.15) is 31.0 Å². The summed E-state index contributed by atoms with van der Waals surface area (Å²) in [5.41, 5.74) is 0. The van der Waals surface area contributed by atoms with Gasteiger partial charge in [0.15, 0.2) is 12.4 Å². The highest BCUT2D eigenvalue weighted by atomic mass is 16.7. The second kappa shape index (κ2) is 31.4. The largest absolute Gasteiger partial charge is 0.462 e. The Balaban J connectivity index is 2.37. The number of unbranched alkanes of at least 4 members (excludes halogenated alkanes) is 22. The molecule has 0 amide bonds. The number of hydrogen-bond acceptors (Lipinski definition) is 10. The van der Waals surface area contributed by atoms with Crippen LogP contribution in [0.3, 0.4) is 0 Å². The zero-order chi connectivity index (χ0) is 36.0. The summed E-state index contributed by atoms with van der Waals surface area (Å²) in [6.45, 7) is 3.41. The van der Waals surface area contributed by atoms with Gasteiger partial charge in [-0.05, 0) is 12.8 Å². The Morgan fingerprint density at radius 2 is 0.959 bits per heavy atom. The van der Waals surface area contributed by atoms with E-state index in [9.17, 15) is 30.0 Å². The lowest BCUT2D eigenvalue weighted by atomic mass is 9.99. The normalized spacial score (nSPS) is 21.5. The first-order valence-electron chi connectivity index (χ1n) is 20.1. The van der Waals surface area contributed by atoms with E-state index >= 15 is 0 Å². The number of carbonyl (C=O) groups excluding carboxylic acids is 2. The average molecular weight is 703 g/mol. The second-order valence-electron chi connectivity index (χ2n) is 14.1. The van der Waals surface area contributed by atoms with Crippen LogP contribution in [-0.4, -0.2) is 89.0 Å². The van der Waals surface area contributed by atoms with Crippen LogP contribution in [0.15, 0.2) is 0 Å². The molecule has 4 N–H and O–H groups in total. The summed E-state index contributed by atoms with van der Waals surface area (Å²) in [4.78, 5) is 25.2. The van der Waals surface area contributed by atoms with E-state index in [1.165, 1.54) is 109 Å². The number of esters is 2. The summed E-state index contributed by atoms with van der Waals surface area (Å²) >= 11 is 0. The molecule has 0 aromatic rings. The quantitative estimate of drug-likeness (QED) is 0.0401. The van der Waals surface area contributed by atoms with E-state index in [-0.39, 0.29) is 32.0 Å². The maximum Gasteiger partial charge on any atom is 0.306 e. The summed E-state index contributed by atoms with van der Waals surface area (Å²) < 4.78 is 22.1. The van der Waals surface area contributed by atoms with Gasteiger partial charge in [-0.25, -0.2) is 0 Å². The zero-order valence-electron chi connectivity index (χ0n) is 31.2. The maximum absolute atomic E-state index is 12.7. The van der Waals surface area contributed by atoms with Crippen molar-refractivity contribution in [2.45, 2.75) is 218 Å². The van der Waals surface area contributed by atoms with Crippen LogP contribution in [-0.2, 0) is 28.5 Å². The molecule has 49 heavy (non-hydrogen) atoms. The minimum absolute atomic E-state index is 0.210. The van der Waals surface area contributed by atoms with Crippen molar-refractivity contribution in [1.82, 2.24) is 0 Å². The van der Waals surface area contributed by atoms with Gasteiger partial charge >= 0.3 is 11.9 Å². The molecule has 0 aromatic carbocycles. The highest BCUT2D eigenvalue weighted by Gasteiger charge is 2.44. The molecule has 1 aliphatic heterocycles. The molecule has 5 unspecified atom stereocenters. The summed E-state index contributed by atoms with van der Waals surface area (Å²) in [5.74, 6) is -0.798. The van der Waals surface area contributed by atoms with Gasteiger partial charge in [-0.3, -0.25) is 9.59 Å². The van der Waals surface area contributed by atoms with Gasteiger partial charge in [0.25, 0.3) is 0 Å². The van der Waals surface area contributed by atoms with Gasteiger partial charge in [-0.15, -0.1) is 0 Å². The molecule has 1 aliphatic rings. The molecule has 290 valence electrons. The fraction of sp³-hybridized carbons (Fsp3) is 0.949. The van der Waals surface area contributed by atoms with Crippen LogP contribution in [0.25, 0.3) is 0 Å². The molecule has 1 saturated heterocycles. The third-order valence-electron chi connectivity index (χ3n) is 9.49. The Morgan fingerprint density at radius 1 is 0.551 bits per heavy atom. The first kappa shape index (κ1) is 45.7. The van der Waals surface area contributed by atoms with Gasteiger partial charge in [0.05, 0.1) is 13.2 Å². The highest BCUT2D eigenvalue weighted by Crippen LogP contribution is 2.22. The number of ether oxygens (including phenoxy) is 4. The Bertz CT molecular complexity index is 779. The van der Waals surface area contributed by atoms with E-state index in [0.717, 1.165) is 38.5 Å². The van der Waals surface area contributed by atoms with Crippen molar-refractivity contribution >= 4 is 11.9 Å². The first-order chi connectivity index (χ1) is 23.8. The summed E-state index contributed by atoms with van der Waals surface area (Å²) in [7, 11) is 0. The van der Waals surface area contributed by atoms with Crippen LogP contribution in [0, 0.1) is 0 Å².